The normalized spacial score (nSPS) is 25.2. The summed E-state index contributed by atoms with van der Waals surface area (Å²) in [4.78, 5) is 4.67. The zero-order valence-corrected chi connectivity index (χ0v) is 7.93. The molecule has 0 N–H and O–H groups in total. The number of hydrogen-bond acceptors (Lipinski definition) is 2. The van der Waals surface area contributed by atoms with Crippen LogP contribution in [0.2, 0.25) is 0 Å². The van der Waals surface area contributed by atoms with Crippen LogP contribution in [0.3, 0.4) is 0 Å². The lowest BCUT2D eigenvalue weighted by Gasteiger charge is -2.41. The quantitative estimate of drug-likeness (QED) is 0.519. The van der Waals surface area contributed by atoms with E-state index in [2.05, 4.69) is 30.6 Å². The highest BCUT2D eigenvalue weighted by Crippen LogP contribution is 2.14. The van der Waals surface area contributed by atoms with Crippen LogP contribution in [0, 0.1) is 0 Å². The van der Waals surface area contributed by atoms with Crippen molar-refractivity contribution in [3.8, 4) is 0 Å². The van der Waals surface area contributed by atoms with Crippen molar-refractivity contribution in [1.82, 2.24) is 9.80 Å². The van der Waals surface area contributed by atoms with Crippen LogP contribution in [0.1, 0.15) is 22.1 Å². The third kappa shape index (κ3) is 2.46. The van der Waals surface area contributed by atoms with E-state index in [1.165, 1.54) is 0 Å². The highest BCUT2D eigenvalue weighted by molar-refractivity contribution is 4.80. The molecule has 0 unspecified atom stereocenters. The minimum atomic E-state index is 0.300. The van der Waals surface area contributed by atoms with Gasteiger partial charge in [-0.1, -0.05) is 0 Å². The Balaban J connectivity index is 2.36. The van der Waals surface area contributed by atoms with Crippen molar-refractivity contribution < 1.29 is 1.37 Å². The highest BCUT2D eigenvalue weighted by atomic mass is 15.3. The molecule has 1 fully saturated rings. The molecular formula is C9H20N2. The van der Waals surface area contributed by atoms with E-state index in [0.717, 1.165) is 26.2 Å². The lowest BCUT2D eigenvalue weighted by atomic mass is 10.1. The summed E-state index contributed by atoms with van der Waals surface area (Å²) < 4.78 is 7.23. The first-order valence-electron chi connectivity index (χ1n) is 5.01. The Hall–Kier alpha value is -0.0800. The molecule has 0 aliphatic carbocycles. The largest absolute Gasteiger partial charge is 0.304 e. The second kappa shape index (κ2) is 3.11. The molecule has 1 rings (SSSR count). The molecule has 66 valence electrons. The molecule has 0 aromatic heterocycles. The third-order valence-corrected chi connectivity index (χ3v) is 2.32. The van der Waals surface area contributed by atoms with Gasteiger partial charge in [0.25, 0.3) is 0 Å². The van der Waals surface area contributed by atoms with Crippen LogP contribution in [0.4, 0.5) is 0 Å². The highest BCUT2D eigenvalue weighted by Gasteiger charge is 2.23. The van der Waals surface area contributed by atoms with Crippen molar-refractivity contribution in [2.75, 3.05) is 33.2 Å². The van der Waals surface area contributed by atoms with Crippen LogP contribution < -0.4 is 0 Å². The first-order chi connectivity index (χ1) is 5.54. The molecule has 0 aromatic rings. The number of hydrogen-bond donors (Lipinski definition) is 0. The fourth-order valence-corrected chi connectivity index (χ4v) is 1.42. The summed E-state index contributed by atoms with van der Waals surface area (Å²) in [6.07, 6.45) is 0. The fourth-order valence-electron chi connectivity index (χ4n) is 1.42. The van der Waals surface area contributed by atoms with Gasteiger partial charge in [-0.3, -0.25) is 4.90 Å². The first-order valence-corrected chi connectivity index (χ1v) is 4.30. The molecule has 2 heteroatoms. The Kier molecular flexibility index (Phi) is 2.14. The predicted octanol–water partition coefficient (Wildman–Crippen LogP) is 1.03. The summed E-state index contributed by atoms with van der Waals surface area (Å²) >= 11 is 0. The van der Waals surface area contributed by atoms with Gasteiger partial charge < -0.3 is 4.90 Å². The maximum atomic E-state index is 7.23. The fraction of sp³-hybridized carbons (Fsp3) is 1.00. The van der Waals surface area contributed by atoms with Gasteiger partial charge in [-0.2, -0.15) is 0 Å². The second-order valence-electron chi connectivity index (χ2n) is 4.28. The maximum Gasteiger partial charge on any atom is 0.0394 e. The van der Waals surface area contributed by atoms with Crippen LogP contribution in [-0.2, 0) is 0 Å². The van der Waals surface area contributed by atoms with E-state index >= 15 is 0 Å². The van der Waals surface area contributed by atoms with Crippen LogP contribution in [0.25, 0.3) is 0 Å². The molecule has 0 amide bonds. The Labute approximate surface area is 71.6 Å². The van der Waals surface area contributed by atoms with Gasteiger partial charge in [0.2, 0.25) is 0 Å². The number of likely N-dealkylation sites (N-methyl/N-ethyl adjacent to an activating group) is 1. The number of piperazine rings is 1. The Morgan fingerprint density at radius 1 is 1.09 bits per heavy atom. The van der Waals surface area contributed by atoms with Crippen molar-refractivity contribution >= 4 is 0 Å². The minimum Gasteiger partial charge on any atom is -0.304 e. The molecule has 11 heavy (non-hydrogen) atoms. The van der Waals surface area contributed by atoms with E-state index < -0.39 is 0 Å². The monoisotopic (exact) mass is 158 g/mol. The molecule has 0 radical (unpaired) electrons. The molecule has 0 saturated carbocycles. The Morgan fingerprint density at radius 3 is 2.00 bits per heavy atom. The van der Waals surface area contributed by atoms with Gasteiger partial charge >= 0.3 is 0 Å². The van der Waals surface area contributed by atoms with Gasteiger partial charge in [-0.05, 0) is 27.8 Å². The zero-order valence-electron chi connectivity index (χ0n) is 8.93. The van der Waals surface area contributed by atoms with Crippen molar-refractivity contribution in [2.45, 2.75) is 26.3 Å². The SMILES string of the molecule is [3H]CN1CCN(C(C)(C)C)CC1. The molecule has 0 atom stereocenters. The maximum absolute atomic E-state index is 7.23. The molecule has 0 spiro atoms. The molecule has 1 aliphatic rings. The van der Waals surface area contributed by atoms with Crippen LogP contribution >= 0.6 is 0 Å². The van der Waals surface area contributed by atoms with Gasteiger partial charge in [-0.25, -0.2) is 0 Å². The summed E-state index contributed by atoms with van der Waals surface area (Å²) in [5.41, 5.74) is 0.300. The van der Waals surface area contributed by atoms with E-state index in [1.807, 2.05) is 0 Å². The Bertz CT molecular complexity index is 134. The van der Waals surface area contributed by atoms with E-state index in [-0.39, 0.29) is 0 Å². The van der Waals surface area contributed by atoms with Crippen molar-refractivity contribution in [2.24, 2.45) is 0 Å². The van der Waals surface area contributed by atoms with E-state index in [0.29, 0.717) is 12.6 Å². The molecular weight excluding hydrogens is 136 g/mol. The van der Waals surface area contributed by atoms with Crippen molar-refractivity contribution in [3.63, 3.8) is 0 Å². The lowest BCUT2D eigenvalue weighted by Crippen LogP contribution is -2.52. The summed E-state index contributed by atoms with van der Waals surface area (Å²) in [6, 6.07) is 0. The molecule has 2 nitrogen and oxygen atoms in total. The lowest BCUT2D eigenvalue weighted by molar-refractivity contribution is 0.0736. The third-order valence-electron chi connectivity index (χ3n) is 2.32. The van der Waals surface area contributed by atoms with Crippen molar-refractivity contribution in [3.05, 3.63) is 0 Å². The number of rotatable bonds is 0. The molecule has 1 aliphatic heterocycles. The molecule has 1 heterocycles. The minimum absolute atomic E-state index is 0.300. The van der Waals surface area contributed by atoms with Gasteiger partial charge in [0.05, 0.1) is 0 Å². The first kappa shape index (κ1) is 7.56. The topological polar surface area (TPSA) is 6.48 Å². The predicted molar refractivity (Wildman–Crippen MR) is 48.8 cm³/mol. The van der Waals surface area contributed by atoms with Crippen LogP contribution in [-0.4, -0.2) is 48.5 Å². The zero-order chi connectivity index (χ0) is 9.19. The van der Waals surface area contributed by atoms with Gasteiger partial charge in [0.15, 0.2) is 0 Å². The second-order valence-corrected chi connectivity index (χ2v) is 4.28. The van der Waals surface area contributed by atoms with Gasteiger partial charge in [0.1, 0.15) is 0 Å². The summed E-state index contributed by atoms with van der Waals surface area (Å²) in [7, 11) is 0.456. The number of nitrogens with zero attached hydrogens (tertiary/aromatic N) is 2. The average molecular weight is 158 g/mol. The van der Waals surface area contributed by atoms with Crippen molar-refractivity contribution in [1.29, 1.82) is 0 Å². The molecule has 0 bridgehead atoms. The van der Waals surface area contributed by atoms with Gasteiger partial charge in [-0.15, -0.1) is 0 Å². The van der Waals surface area contributed by atoms with Crippen LogP contribution in [0.5, 0.6) is 0 Å². The molecule has 0 aromatic carbocycles. The standard InChI is InChI=1S/C9H20N2/c1-9(2,3)11-7-5-10(4)6-8-11/h5-8H2,1-4H3/i4T. The average Bonchev–Trinajstić information content (AvgIpc) is 2.03. The summed E-state index contributed by atoms with van der Waals surface area (Å²) in [6.45, 7) is 11.1. The summed E-state index contributed by atoms with van der Waals surface area (Å²) in [5.74, 6) is 0. The molecule has 1 saturated heterocycles. The van der Waals surface area contributed by atoms with E-state index in [4.69, 9.17) is 1.37 Å². The van der Waals surface area contributed by atoms with E-state index in [1.54, 1.807) is 0 Å². The Morgan fingerprint density at radius 2 is 1.64 bits per heavy atom. The summed E-state index contributed by atoms with van der Waals surface area (Å²) in [5, 5.41) is 0. The smallest absolute Gasteiger partial charge is 0.0394 e. The van der Waals surface area contributed by atoms with Crippen LogP contribution in [0.15, 0.2) is 0 Å². The van der Waals surface area contributed by atoms with Gasteiger partial charge in [0, 0.05) is 33.1 Å². The van der Waals surface area contributed by atoms with E-state index in [9.17, 15) is 0 Å².